The molecule has 1 saturated carbocycles. The van der Waals surface area contributed by atoms with Crippen LogP contribution in [0.3, 0.4) is 0 Å². The molecular weight excluding hydrogens is 184 g/mol. The second-order valence-electron chi connectivity index (χ2n) is 3.72. The highest BCUT2D eigenvalue weighted by molar-refractivity contribution is 7.99. The van der Waals surface area contributed by atoms with Gasteiger partial charge in [-0.2, -0.15) is 11.8 Å². The van der Waals surface area contributed by atoms with E-state index < -0.39 is 0 Å². The predicted molar refractivity (Wildman–Crippen MR) is 55.1 cm³/mol. The fraction of sp³-hybridized carbons (Fsp3) is 0.889. The van der Waals surface area contributed by atoms with Gasteiger partial charge in [-0.25, -0.2) is 4.79 Å². The highest BCUT2D eigenvalue weighted by Gasteiger charge is 2.32. The van der Waals surface area contributed by atoms with E-state index in [2.05, 4.69) is 0 Å². The topological polar surface area (TPSA) is 23.6 Å². The van der Waals surface area contributed by atoms with Crippen molar-refractivity contribution in [3.63, 3.8) is 0 Å². The molecule has 0 N–H and O–H groups in total. The van der Waals surface area contributed by atoms with E-state index in [4.69, 9.17) is 0 Å². The molecule has 2 fully saturated rings. The lowest BCUT2D eigenvalue weighted by atomic mass is 10.5. The second-order valence-corrected chi connectivity index (χ2v) is 4.95. The Hall–Kier alpha value is -0.380. The molecule has 4 heteroatoms. The summed E-state index contributed by atoms with van der Waals surface area (Å²) in [5.41, 5.74) is 0. The first-order valence-corrected chi connectivity index (χ1v) is 6.04. The minimum atomic E-state index is 0.239. The van der Waals surface area contributed by atoms with Crippen LogP contribution in [0, 0.1) is 0 Å². The van der Waals surface area contributed by atoms with Gasteiger partial charge in [-0.15, -0.1) is 0 Å². The van der Waals surface area contributed by atoms with Crippen LogP contribution in [0.1, 0.15) is 12.8 Å². The molecule has 3 nitrogen and oxygen atoms in total. The Morgan fingerprint density at radius 3 is 2.54 bits per heavy atom. The summed E-state index contributed by atoms with van der Waals surface area (Å²) < 4.78 is 0. The minimum Gasteiger partial charge on any atom is -0.325 e. The van der Waals surface area contributed by atoms with Gasteiger partial charge in [-0.1, -0.05) is 0 Å². The summed E-state index contributed by atoms with van der Waals surface area (Å²) in [6.07, 6.45) is 2.40. The van der Waals surface area contributed by atoms with E-state index in [1.165, 1.54) is 12.8 Å². The first kappa shape index (κ1) is 9.19. The summed E-state index contributed by atoms with van der Waals surface area (Å²) in [6.45, 7) is 1.86. The van der Waals surface area contributed by atoms with Crippen molar-refractivity contribution in [1.29, 1.82) is 0 Å². The van der Waals surface area contributed by atoms with Crippen LogP contribution in [0.4, 0.5) is 4.79 Å². The zero-order chi connectivity index (χ0) is 9.26. The average Bonchev–Trinajstić information content (AvgIpc) is 3.00. The zero-order valence-electron chi connectivity index (χ0n) is 8.03. The van der Waals surface area contributed by atoms with Gasteiger partial charge in [0.1, 0.15) is 0 Å². The van der Waals surface area contributed by atoms with Crippen LogP contribution in [0.2, 0.25) is 0 Å². The van der Waals surface area contributed by atoms with E-state index in [0.29, 0.717) is 6.04 Å². The van der Waals surface area contributed by atoms with Crippen LogP contribution < -0.4 is 0 Å². The Balaban J connectivity index is 1.86. The summed E-state index contributed by atoms with van der Waals surface area (Å²) in [4.78, 5) is 15.7. The summed E-state index contributed by atoms with van der Waals surface area (Å²) >= 11 is 1.94. The first-order chi connectivity index (χ1) is 6.29. The number of carbonyl (C=O) groups excluding carboxylic acids is 1. The molecule has 0 unspecified atom stereocenters. The fourth-order valence-electron chi connectivity index (χ4n) is 1.60. The standard InChI is InChI=1S/C9H16N2OS/c1-10(8-2-3-8)9(12)11-4-6-13-7-5-11/h8H,2-7H2,1H3. The van der Waals surface area contributed by atoms with Crippen LogP contribution in [-0.2, 0) is 0 Å². The molecule has 2 amide bonds. The maximum Gasteiger partial charge on any atom is 0.320 e. The molecule has 74 valence electrons. The van der Waals surface area contributed by atoms with Gasteiger partial charge in [0.15, 0.2) is 0 Å². The van der Waals surface area contributed by atoms with Gasteiger partial charge in [0, 0.05) is 37.7 Å². The van der Waals surface area contributed by atoms with E-state index in [-0.39, 0.29) is 6.03 Å². The number of urea groups is 1. The molecular formula is C9H16N2OS. The molecule has 1 heterocycles. The lowest BCUT2D eigenvalue weighted by molar-refractivity contribution is 0.165. The Morgan fingerprint density at radius 2 is 2.00 bits per heavy atom. The third-order valence-electron chi connectivity index (χ3n) is 2.68. The monoisotopic (exact) mass is 200 g/mol. The van der Waals surface area contributed by atoms with Crippen molar-refractivity contribution in [1.82, 2.24) is 9.80 Å². The van der Waals surface area contributed by atoms with Crippen molar-refractivity contribution in [2.75, 3.05) is 31.6 Å². The summed E-state index contributed by atoms with van der Waals surface area (Å²) in [6, 6.07) is 0.782. The van der Waals surface area contributed by atoms with Gasteiger partial charge in [-0.3, -0.25) is 0 Å². The fourth-order valence-corrected chi connectivity index (χ4v) is 2.50. The molecule has 1 saturated heterocycles. The number of thioether (sulfide) groups is 1. The molecule has 0 atom stereocenters. The molecule has 13 heavy (non-hydrogen) atoms. The number of nitrogens with zero attached hydrogens (tertiary/aromatic N) is 2. The van der Waals surface area contributed by atoms with E-state index in [0.717, 1.165) is 24.6 Å². The van der Waals surface area contributed by atoms with Crippen LogP contribution in [0.5, 0.6) is 0 Å². The molecule has 0 radical (unpaired) electrons. The molecule has 2 rings (SSSR count). The third-order valence-corrected chi connectivity index (χ3v) is 3.62. The van der Waals surface area contributed by atoms with E-state index in [1.807, 2.05) is 28.6 Å². The van der Waals surface area contributed by atoms with Crippen LogP contribution in [-0.4, -0.2) is 53.5 Å². The molecule has 2 aliphatic rings. The van der Waals surface area contributed by atoms with Crippen molar-refractivity contribution < 1.29 is 4.79 Å². The van der Waals surface area contributed by atoms with Crippen molar-refractivity contribution in [3.8, 4) is 0 Å². The molecule has 1 aliphatic carbocycles. The maximum absolute atomic E-state index is 11.8. The van der Waals surface area contributed by atoms with Crippen molar-refractivity contribution in [2.24, 2.45) is 0 Å². The van der Waals surface area contributed by atoms with E-state index >= 15 is 0 Å². The molecule has 1 aliphatic heterocycles. The largest absolute Gasteiger partial charge is 0.325 e. The number of rotatable bonds is 1. The second kappa shape index (κ2) is 3.78. The van der Waals surface area contributed by atoms with E-state index in [1.54, 1.807) is 0 Å². The number of amides is 2. The molecule has 0 bridgehead atoms. The normalized spacial score (nSPS) is 23.0. The van der Waals surface area contributed by atoms with Crippen molar-refractivity contribution in [2.45, 2.75) is 18.9 Å². The molecule has 0 aromatic carbocycles. The predicted octanol–water partition coefficient (Wildman–Crippen LogP) is 1.25. The van der Waals surface area contributed by atoms with Crippen LogP contribution in [0.25, 0.3) is 0 Å². The number of hydrogen-bond donors (Lipinski definition) is 0. The third kappa shape index (κ3) is 2.10. The van der Waals surface area contributed by atoms with E-state index in [9.17, 15) is 4.79 Å². The summed E-state index contributed by atoms with van der Waals surface area (Å²) in [5, 5.41) is 0. The highest BCUT2D eigenvalue weighted by Crippen LogP contribution is 2.26. The molecule has 0 aromatic heterocycles. The minimum absolute atomic E-state index is 0.239. The molecule has 0 aromatic rings. The van der Waals surface area contributed by atoms with Gasteiger partial charge in [0.05, 0.1) is 0 Å². The summed E-state index contributed by atoms with van der Waals surface area (Å²) in [7, 11) is 1.93. The van der Waals surface area contributed by atoms with Gasteiger partial charge in [-0.05, 0) is 12.8 Å². The summed E-state index contributed by atoms with van der Waals surface area (Å²) in [5.74, 6) is 2.20. The lowest BCUT2D eigenvalue weighted by Gasteiger charge is -2.30. The van der Waals surface area contributed by atoms with Crippen molar-refractivity contribution >= 4 is 17.8 Å². The number of carbonyl (C=O) groups is 1. The Labute approximate surface area is 83.5 Å². The average molecular weight is 200 g/mol. The van der Waals surface area contributed by atoms with Gasteiger partial charge in [0.2, 0.25) is 0 Å². The van der Waals surface area contributed by atoms with Gasteiger partial charge >= 0.3 is 6.03 Å². The lowest BCUT2D eigenvalue weighted by Crippen LogP contribution is -2.45. The van der Waals surface area contributed by atoms with Gasteiger partial charge < -0.3 is 9.80 Å². The maximum atomic E-state index is 11.8. The smallest absolute Gasteiger partial charge is 0.320 e. The Bertz CT molecular complexity index is 200. The number of hydrogen-bond acceptors (Lipinski definition) is 2. The quantitative estimate of drug-likeness (QED) is 0.636. The first-order valence-electron chi connectivity index (χ1n) is 4.88. The van der Waals surface area contributed by atoms with Crippen molar-refractivity contribution in [3.05, 3.63) is 0 Å². The van der Waals surface area contributed by atoms with Crippen LogP contribution >= 0.6 is 11.8 Å². The van der Waals surface area contributed by atoms with Gasteiger partial charge in [0.25, 0.3) is 0 Å². The van der Waals surface area contributed by atoms with Crippen LogP contribution in [0.15, 0.2) is 0 Å². The Morgan fingerprint density at radius 1 is 1.38 bits per heavy atom. The SMILES string of the molecule is CN(C(=O)N1CCSCC1)C1CC1. The highest BCUT2D eigenvalue weighted by atomic mass is 32.2. The Kier molecular flexibility index (Phi) is 2.67. The molecule has 0 spiro atoms. The zero-order valence-corrected chi connectivity index (χ0v) is 8.85.